The van der Waals surface area contributed by atoms with Crippen LogP contribution in [-0.2, 0) is 14.4 Å². The number of nitrogens with zero attached hydrogens (tertiary/aromatic N) is 1. The average Bonchev–Trinajstić information content (AvgIpc) is 3.13. The summed E-state index contributed by atoms with van der Waals surface area (Å²) in [5.74, 6) is -0.618. The number of halogens is 1. The first-order valence-corrected chi connectivity index (χ1v) is 8.01. The van der Waals surface area contributed by atoms with Crippen LogP contribution < -0.4 is 5.32 Å². The van der Waals surface area contributed by atoms with E-state index in [0.717, 1.165) is 5.56 Å². The lowest BCUT2D eigenvalue weighted by atomic mass is 10.0. The molecule has 1 heterocycles. The van der Waals surface area contributed by atoms with Crippen LogP contribution in [-0.4, -0.2) is 31.4 Å². The zero-order chi connectivity index (χ0) is 17.6. The summed E-state index contributed by atoms with van der Waals surface area (Å²) in [6, 6.07) is 15.7. The van der Waals surface area contributed by atoms with Gasteiger partial charge in [0.25, 0.3) is 5.91 Å². The van der Waals surface area contributed by atoms with Crippen molar-refractivity contribution in [2.24, 2.45) is 5.16 Å². The Hall–Kier alpha value is -2.73. The summed E-state index contributed by atoms with van der Waals surface area (Å²) >= 11 is 0. The van der Waals surface area contributed by atoms with Crippen LogP contribution in [0.3, 0.4) is 0 Å². The van der Waals surface area contributed by atoms with Crippen molar-refractivity contribution in [3.8, 4) is 0 Å². The van der Waals surface area contributed by atoms with Gasteiger partial charge in [-0.2, -0.15) is 0 Å². The molecule has 0 aliphatic carbocycles. The molecule has 25 heavy (non-hydrogen) atoms. The second kappa shape index (κ2) is 7.90. The van der Waals surface area contributed by atoms with Crippen LogP contribution >= 0.6 is 0 Å². The summed E-state index contributed by atoms with van der Waals surface area (Å²) in [7, 11) is 1.60. The number of carbonyl (C=O) groups is 1. The zero-order valence-corrected chi connectivity index (χ0v) is 13.8. The predicted octanol–water partition coefficient (Wildman–Crippen LogP) is 2.82. The molecule has 0 fully saturated rings. The Labute approximate surface area is 145 Å². The first-order chi connectivity index (χ1) is 12.2. The van der Waals surface area contributed by atoms with E-state index in [1.807, 2.05) is 30.3 Å². The normalized spacial score (nSPS) is 17.5. The van der Waals surface area contributed by atoms with Gasteiger partial charge in [0, 0.05) is 25.6 Å². The smallest absolute Gasteiger partial charge is 0.264 e. The highest BCUT2D eigenvalue weighted by atomic mass is 19.1. The lowest BCUT2D eigenvalue weighted by molar-refractivity contribution is -0.131. The lowest BCUT2D eigenvalue weighted by Gasteiger charge is -2.17. The van der Waals surface area contributed by atoms with E-state index >= 15 is 0 Å². The average molecular weight is 342 g/mol. The topological polar surface area (TPSA) is 59.9 Å². The molecule has 2 aromatic carbocycles. The quantitative estimate of drug-likeness (QED) is 0.878. The van der Waals surface area contributed by atoms with Gasteiger partial charge in [0.1, 0.15) is 5.82 Å². The third-order valence-corrected chi connectivity index (χ3v) is 4.04. The number of ether oxygens (including phenoxy) is 1. The predicted molar refractivity (Wildman–Crippen MR) is 91.6 cm³/mol. The van der Waals surface area contributed by atoms with Gasteiger partial charge in [-0.15, -0.1) is 0 Å². The summed E-state index contributed by atoms with van der Waals surface area (Å²) in [5.41, 5.74) is 2.16. The van der Waals surface area contributed by atoms with Crippen molar-refractivity contribution in [1.29, 1.82) is 0 Å². The number of carbonyl (C=O) groups excluding carboxylic acids is 1. The first kappa shape index (κ1) is 17.1. The summed E-state index contributed by atoms with van der Waals surface area (Å²) in [4.78, 5) is 17.5. The van der Waals surface area contributed by atoms with Crippen LogP contribution in [0.2, 0.25) is 0 Å². The van der Waals surface area contributed by atoms with E-state index in [9.17, 15) is 9.18 Å². The second-order valence-corrected chi connectivity index (χ2v) is 5.73. The zero-order valence-electron chi connectivity index (χ0n) is 13.8. The third-order valence-electron chi connectivity index (χ3n) is 4.04. The van der Waals surface area contributed by atoms with Gasteiger partial charge < -0.3 is 14.9 Å². The van der Waals surface area contributed by atoms with Gasteiger partial charge in [-0.3, -0.25) is 4.79 Å². The van der Waals surface area contributed by atoms with Crippen molar-refractivity contribution >= 4 is 11.6 Å². The highest BCUT2D eigenvalue weighted by Crippen LogP contribution is 2.19. The molecule has 2 unspecified atom stereocenters. The Balaban J connectivity index is 1.55. The fourth-order valence-corrected chi connectivity index (χ4v) is 2.67. The molecule has 0 aromatic heterocycles. The van der Waals surface area contributed by atoms with Gasteiger partial charge in [-0.25, -0.2) is 4.39 Å². The summed E-state index contributed by atoms with van der Waals surface area (Å²) in [5, 5.41) is 6.73. The fourth-order valence-electron chi connectivity index (χ4n) is 2.67. The molecule has 2 aromatic rings. The van der Waals surface area contributed by atoms with Crippen molar-refractivity contribution in [3.63, 3.8) is 0 Å². The van der Waals surface area contributed by atoms with Gasteiger partial charge in [-0.05, 0) is 17.7 Å². The van der Waals surface area contributed by atoms with Crippen molar-refractivity contribution in [1.82, 2.24) is 5.32 Å². The van der Waals surface area contributed by atoms with Crippen LogP contribution in [0.1, 0.15) is 23.7 Å². The minimum Gasteiger partial charge on any atom is -0.382 e. The number of nitrogens with one attached hydrogen (secondary N) is 1. The van der Waals surface area contributed by atoms with Crippen LogP contribution in [0.5, 0.6) is 0 Å². The molecule has 3 rings (SSSR count). The SMILES string of the molecule is COC(CNC(=O)C1CC(c2cccc(F)c2)=NO1)c1ccccc1. The monoisotopic (exact) mass is 342 g/mol. The van der Waals surface area contributed by atoms with Gasteiger partial charge >= 0.3 is 0 Å². The highest BCUT2D eigenvalue weighted by molar-refractivity contribution is 6.04. The van der Waals surface area contributed by atoms with Gasteiger partial charge in [-0.1, -0.05) is 47.6 Å². The Kier molecular flexibility index (Phi) is 5.40. The molecule has 1 amide bonds. The van der Waals surface area contributed by atoms with E-state index in [-0.39, 0.29) is 17.8 Å². The standard InChI is InChI=1S/C19H19FN2O3/c1-24-18(13-6-3-2-4-7-13)12-21-19(23)17-11-16(22-25-17)14-8-5-9-15(20)10-14/h2-10,17-18H,11-12H2,1H3,(H,21,23). The van der Waals surface area contributed by atoms with Crippen molar-refractivity contribution < 1.29 is 18.8 Å². The summed E-state index contributed by atoms with van der Waals surface area (Å²) in [6.45, 7) is 0.328. The maximum absolute atomic E-state index is 13.3. The molecule has 1 aliphatic heterocycles. The first-order valence-electron chi connectivity index (χ1n) is 8.01. The fraction of sp³-hybridized carbons (Fsp3) is 0.263. The van der Waals surface area contributed by atoms with E-state index in [0.29, 0.717) is 24.2 Å². The highest BCUT2D eigenvalue weighted by Gasteiger charge is 2.29. The maximum atomic E-state index is 13.3. The molecular weight excluding hydrogens is 323 g/mol. The van der Waals surface area contributed by atoms with Crippen molar-refractivity contribution in [3.05, 3.63) is 71.5 Å². The number of amides is 1. The Morgan fingerprint density at radius 1 is 1.32 bits per heavy atom. The number of hydrogen-bond acceptors (Lipinski definition) is 4. The largest absolute Gasteiger partial charge is 0.382 e. The van der Waals surface area contributed by atoms with E-state index < -0.39 is 6.10 Å². The number of hydrogen-bond donors (Lipinski definition) is 1. The van der Waals surface area contributed by atoms with E-state index in [1.54, 1.807) is 19.2 Å². The minimum atomic E-state index is -0.716. The molecular formula is C19H19FN2O3. The Bertz CT molecular complexity index is 764. The molecule has 0 radical (unpaired) electrons. The van der Waals surface area contributed by atoms with Gasteiger partial charge in [0.15, 0.2) is 0 Å². The molecule has 130 valence electrons. The molecule has 0 bridgehead atoms. The van der Waals surface area contributed by atoms with Crippen LogP contribution in [0.15, 0.2) is 59.8 Å². The molecule has 5 nitrogen and oxygen atoms in total. The third kappa shape index (κ3) is 4.22. The number of methoxy groups -OCH3 is 1. The van der Waals surface area contributed by atoms with E-state index in [2.05, 4.69) is 10.5 Å². The van der Waals surface area contributed by atoms with Crippen molar-refractivity contribution in [2.45, 2.75) is 18.6 Å². The summed E-state index contributed by atoms with van der Waals surface area (Å²) in [6.07, 6.45) is -0.653. The Morgan fingerprint density at radius 2 is 2.12 bits per heavy atom. The molecule has 1 N–H and O–H groups in total. The molecule has 0 saturated carbocycles. The summed E-state index contributed by atoms with van der Waals surface area (Å²) < 4.78 is 18.7. The van der Waals surface area contributed by atoms with E-state index in [4.69, 9.17) is 9.57 Å². The lowest BCUT2D eigenvalue weighted by Crippen LogP contribution is -2.37. The number of benzene rings is 2. The number of oxime groups is 1. The minimum absolute atomic E-state index is 0.241. The van der Waals surface area contributed by atoms with Crippen LogP contribution in [0.4, 0.5) is 4.39 Å². The maximum Gasteiger partial charge on any atom is 0.264 e. The molecule has 6 heteroatoms. The molecule has 0 saturated heterocycles. The van der Waals surface area contributed by atoms with Gasteiger partial charge in [0.05, 0.1) is 11.8 Å². The number of rotatable bonds is 6. The van der Waals surface area contributed by atoms with Crippen molar-refractivity contribution in [2.75, 3.05) is 13.7 Å². The van der Waals surface area contributed by atoms with Crippen LogP contribution in [0.25, 0.3) is 0 Å². The Morgan fingerprint density at radius 3 is 2.84 bits per heavy atom. The van der Waals surface area contributed by atoms with Crippen LogP contribution in [0, 0.1) is 5.82 Å². The molecule has 2 atom stereocenters. The second-order valence-electron chi connectivity index (χ2n) is 5.73. The molecule has 0 spiro atoms. The van der Waals surface area contributed by atoms with Gasteiger partial charge in [0.2, 0.25) is 6.10 Å². The van der Waals surface area contributed by atoms with E-state index in [1.165, 1.54) is 12.1 Å². The molecule has 1 aliphatic rings.